The van der Waals surface area contributed by atoms with Crippen LogP contribution in [0.15, 0.2) is 53.3 Å². The van der Waals surface area contributed by atoms with Crippen LogP contribution in [0.1, 0.15) is 12.5 Å². The van der Waals surface area contributed by atoms with Gasteiger partial charge in [-0.15, -0.1) is 0 Å². The van der Waals surface area contributed by atoms with Crippen LogP contribution in [0.25, 0.3) is 5.76 Å². The maximum Gasteiger partial charge on any atom is 0.137 e. The van der Waals surface area contributed by atoms with E-state index in [-0.39, 0.29) is 5.57 Å². The number of anilines is 1. The summed E-state index contributed by atoms with van der Waals surface area (Å²) >= 11 is 0. The SMILES string of the molecule is CC1=CC(=C(C#N)C#N)C=C(c2ccc(N(C)C)cc2)O1. The summed E-state index contributed by atoms with van der Waals surface area (Å²) in [5, 5.41) is 18.0. The van der Waals surface area contributed by atoms with Crippen LogP contribution in [0.2, 0.25) is 0 Å². The Morgan fingerprint density at radius 1 is 1.05 bits per heavy atom. The molecule has 0 atom stereocenters. The molecule has 0 amide bonds. The highest BCUT2D eigenvalue weighted by molar-refractivity contribution is 5.70. The van der Waals surface area contributed by atoms with Crippen LogP contribution < -0.4 is 4.90 Å². The Hall–Kier alpha value is -2.98. The molecule has 0 unspecified atom stereocenters. The molecule has 21 heavy (non-hydrogen) atoms. The monoisotopic (exact) mass is 277 g/mol. The molecule has 1 aliphatic heterocycles. The fraction of sp³-hybridized carbons (Fsp3) is 0.176. The third kappa shape index (κ3) is 3.13. The van der Waals surface area contributed by atoms with Gasteiger partial charge in [0.25, 0.3) is 0 Å². The number of hydrogen-bond acceptors (Lipinski definition) is 4. The van der Waals surface area contributed by atoms with Crippen LogP contribution in [-0.2, 0) is 4.74 Å². The van der Waals surface area contributed by atoms with E-state index in [0.29, 0.717) is 17.1 Å². The number of ether oxygens (including phenoxy) is 1. The first kappa shape index (κ1) is 14.4. The molecule has 1 heterocycles. The second kappa shape index (κ2) is 5.98. The summed E-state index contributed by atoms with van der Waals surface area (Å²) in [6.45, 7) is 1.80. The Morgan fingerprint density at radius 3 is 2.19 bits per heavy atom. The molecule has 4 heteroatoms. The molecule has 0 fully saturated rings. The van der Waals surface area contributed by atoms with Crippen molar-refractivity contribution in [2.24, 2.45) is 0 Å². The minimum absolute atomic E-state index is 0.0834. The van der Waals surface area contributed by atoms with Crippen LogP contribution in [0.3, 0.4) is 0 Å². The van der Waals surface area contributed by atoms with E-state index < -0.39 is 0 Å². The van der Waals surface area contributed by atoms with Gasteiger partial charge in [-0.25, -0.2) is 0 Å². The lowest BCUT2D eigenvalue weighted by atomic mass is 10.0. The maximum atomic E-state index is 8.98. The first-order valence-electron chi connectivity index (χ1n) is 6.45. The van der Waals surface area contributed by atoms with E-state index in [1.165, 1.54) is 0 Å². The standard InChI is InChI=1S/C17H15N3O/c1-12-8-14(15(10-18)11-19)9-17(21-12)13-4-6-16(7-5-13)20(2)3/h4-9H,1-3H3. The van der Waals surface area contributed by atoms with E-state index in [1.54, 1.807) is 19.1 Å². The van der Waals surface area contributed by atoms with Crippen molar-refractivity contribution in [2.45, 2.75) is 6.92 Å². The Morgan fingerprint density at radius 2 is 1.67 bits per heavy atom. The number of rotatable bonds is 2. The normalized spacial score (nSPS) is 13.3. The zero-order chi connectivity index (χ0) is 15.4. The average Bonchev–Trinajstić information content (AvgIpc) is 2.48. The molecule has 0 bridgehead atoms. The summed E-state index contributed by atoms with van der Waals surface area (Å²) < 4.78 is 5.70. The number of allylic oxidation sites excluding steroid dienone is 5. The fourth-order valence-corrected chi connectivity index (χ4v) is 2.00. The lowest BCUT2D eigenvalue weighted by Gasteiger charge is -2.17. The smallest absolute Gasteiger partial charge is 0.137 e. The van der Waals surface area contributed by atoms with Gasteiger partial charge in [0.15, 0.2) is 0 Å². The van der Waals surface area contributed by atoms with Gasteiger partial charge in [-0.1, -0.05) is 0 Å². The van der Waals surface area contributed by atoms with Crippen molar-refractivity contribution in [2.75, 3.05) is 19.0 Å². The maximum absolute atomic E-state index is 8.98. The molecule has 104 valence electrons. The van der Waals surface area contributed by atoms with Gasteiger partial charge in [-0.2, -0.15) is 10.5 Å². The van der Waals surface area contributed by atoms with Crippen molar-refractivity contribution in [3.63, 3.8) is 0 Å². The van der Waals surface area contributed by atoms with Gasteiger partial charge in [0.05, 0.1) is 0 Å². The van der Waals surface area contributed by atoms with Crippen LogP contribution in [0.4, 0.5) is 5.69 Å². The minimum atomic E-state index is 0.0834. The second-order valence-electron chi connectivity index (χ2n) is 4.86. The molecule has 2 rings (SSSR count). The number of benzene rings is 1. The highest BCUT2D eigenvalue weighted by Gasteiger charge is 2.13. The van der Waals surface area contributed by atoms with Crippen LogP contribution in [0, 0.1) is 22.7 Å². The lowest BCUT2D eigenvalue weighted by molar-refractivity contribution is 0.380. The van der Waals surface area contributed by atoms with E-state index in [4.69, 9.17) is 15.3 Å². The van der Waals surface area contributed by atoms with Crippen LogP contribution >= 0.6 is 0 Å². The zero-order valence-corrected chi connectivity index (χ0v) is 12.2. The van der Waals surface area contributed by atoms with Crippen molar-refractivity contribution in [3.8, 4) is 12.1 Å². The third-order valence-corrected chi connectivity index (χ3v) is 3.10. The highest BCUT2D eigenvalue weighted by atomic mass is 16.5. The van der Waals surface area contributed by atoms with Gasteiger partial charge in [-0.3, -0.25) is 0 Å². The molecule has 0 N–H and O–H groups in total. The first-order valence-corrected chi connectivity index (χ1v) is 6.45. The fourth-order valence-electron chi connectivity index (χ4n) is 2.00. The Balaban J connectivity index is 2.43. The number of nitriles is 2. The molecule has 0 radical (unpaired) electrons. The molecule has 4 nitrogen and oxygen atoms in total. The molecule has 1 aliphatic rings. The van der Waals surface area contributed by atoms with Crippen molar-refractivity contribution >= 4 is 11.4 Å². The summed E-state index contributed by atoms with van der Waals surface area (Å²) in [7, 11) is 3.95. The predicted molar refractivity (Wildman–Crippen MR) is 81.8 cm³/mol. The van der Waals surface area contributed by atoms with E-state index in [0.717, 1.165) is 11.3 Å². The molecule has 0 saturated heterocycles. The molecule has 0 spiro atoms. The lowest BCUT2D eigenvalue weighted by Crippen LogP contribution is -2.08. The first-order chi connectivity index (χ1) is 10.0. The van der Waals surface area contributed by atoms with Gasteiger partial charge in [0, 0.05) is 30.9 Å². The zero-order valence-electron chi connectivity index (χ0n) is 12.2. The van der Waals surface area contributed by atoms with Crippen molar-refractivity contribution < 1.29 is 4.74 Å². The largest absolute Gasteiger partial charge is 0.461 e. The molecule has 0 saturated carbocycles. The van der Waals surface area contributed by atoms with E-state index in [9.17, 15) is 0 Å². The van der Waals surface area contributed by atoms with E-state index in [1.807, 2.05) is 55.4 Å². The van der Waals surface area contributed by atoms with Gasteiger partial charge >= 0.3 is 0 Å². The van der Waals surface area contributed by atoms with Gasteiger partial charge in [0.1, 0.15) is 29.2 Å². The molecular formula is C17H15N3O. The van der Waals surface area contributed by atoms with Crippen molar-refractivity contribution in [1.29, 1.82) is 10.5 Å². The van der Waals surface area contributed by atoms with Gasteiger partial charge < -0.3 is 9.64 Å². The summed E-state index contributed by atoms with van der Waals surface area (Å²) in [6, 6.07) is 11.7. The Labute approximate surface area is 124 Å². The third-order valence-electron chi connectivity index (χ3n) is 3.10. The van der Waals surface area contributed by atoms with Crippen molar-refractivity contribution in [1.82, 2.24) is 0 Å². The summed E-state index contributed by atoms with van der Waals surface area (Å²) in [5.41, 5.74) is 2.66. The van der Waals surface area contributed by atoms with E-state index >= 15 is 0 Å². The molecule has 0 aromatic heterocycles. The minimum Gasteiger partial charge on any atom is -0.461 e. The Kier molecular flexibility index (Phi) is 4.11. The van der Waals surface area contributed by atoms with Crippen molar-refractivity contribution in [3.05, 3.63) is 58.9 Å². The molecule has 1 aromatic rings. The van der Waals surface area contributed by atoms with Crippen LogP contribution in [0.5, 0.6) is 0 Å². The van der Waals surface area contributed by atoms with Gasteiger partial charge in [-0.05, 0) is 43.3 Å². The predicted octanol–water partition coefficient (Wildman–Crippen LogP) is 3.37. The van der Waals surface area contributed by atoms with E-state index in [2.05, 4.69) is 0 Å². The topological polar surface area (TPSA) is 60.0 Å². The number of hydrogen-bond donors (Lipinski definition) is 0. The average molecular weight is 277 g/mol. The quantitative estimate of drug-likeness (QED) is 0.778. The Bertz CT molecular complexity index is 707. The summed E-state index contributed by atoms with van der Waals surface area (Å²) in [6.07, 6.45) is 3.42. The molecule has 1 aromatic carbocycles. The highest BCUT2D eigenvalue weighted by Crippen LogP contribution is 2.29. The molecular weight excluding hydrogens is 262 g/mol. The second-order valence-corrected chi connectivity index (χ2v) is 4.86. The van der Waals surface area contributed by atoms with Crippen LogP contribution in [-0.4, -0.2) is 14.1 Å². The summed E-state index contributed by atoms with van der Waals surface area (Å²) in [4.78, 5) is 2.01. The number of nitrogens with zero attached hydrogens (tertiary/aromatic N) is 3. The summed E-state index contributed by atoms with van der Waals surface area (Å²) in [5.74, 6) is 1.29. The van der Waals surface area contributed by atoms with Gasteiger partial charge in [0.2, 0.25) is 0 Å². The molecule has 0 aliphatic carbocycles.